The lowest BCUT2D eigenvalue weighted by atomic mass is 10.2. The lowest BCUT2D eigenvalue weighted by Gasteiger charge is -2.15. The molecule has 0 N–H and O–H groups in total. The van der Waals surface area contributed by atoms with Crippen LogP contribution in [0.1, 0.15) is 5.56 Å². The Morgan fingerprint density at radius 1 is 1.30 bits per heavy atom. The summed E-state index contributed by atoms with van der Waals surface area (Å²) < 4.78 is 11.7. The molecule has 2 aromatic heterocycles. The number of hydrogen-bond donors (Lipinski definition) is 0. The number of methoxy groups -OCH3 is 1. The van der Waals surface area contributed by atoms with Crippen LogP contribution in [0.3, 0.4) is 0 Å². The SMILES string of the molecule is COc1ccc(CN(C)Cn2nc(-c3cccs3)oc2=O)cc1. The molecule has 0 aliphatic heterocycles. The van der Waals surface area contributed by atoms with Gasteiger partial charge in [0, 0.05) is 6.54 Å². The number of benzene rings is 1. The van der Waals surface area contributed by atoms with Crippen molar-refractivity contribution in [1.82, 2.24) is 14.7 Å². The molecule has 23 heavy (non-hydrogen) atoms. The van der Waals surface area contributed by atoms with Gasteiger partial charge in [-0.2, -0.15) is 4.68 Å². The molecular weight excluding hydrogens is 314 g/mol. The second-order valence-electron chi connectivity index (χ2n) is 5.15. The van der Waals surface area contributed by atoms with Crippen LogP contribution in [0.25, 0.3) is 10.8 Å². The number of ether oxygens (including phenoxy) is 1. The van der Waals surface area contributed by atoms with Crippen LogP contribution < -0.4 is 10.5 Å². The van der Waals surface area contributed by atoms with Crippen LogP contribution in [0.4, 0.5) is 0 Å². The van der Waals surface area contributed by atoms with Gasteiger partial charge in [-0.25, -0.2) is 4.79 Å². The Labute approximate surface area is 137 Å². The normalized spacial score (nSPS) is 11.1. The molecule has 0 aliphatic carbocycles. The monoisotopic (exact) mass is 331 g/mol. The molecule has 0 radical (unpaired) electrons. The number of thiophene rings is 1. The van der Waals surface area contributed by atoms with Crippen LogP contribution in [0.5, 0.6) is 5.75 Å². The maximum atomic E-state index is 11.9. The van der Waals surface area contributed by atoms with Gasteiger partial charge in [-0.15, -0.1) is 16.4 Å². The van der Waals surface area contributed by atoms with E-state index in [0.29, 0.717) is 19.1 Å². The fourth-order valence-electron chi connectivity index (χ4n) is 2.22. The zero-order chi connectivity index (χ0) is 16.2. The molecule has 0 unspecified atom stereocenters. The van der Waals surface area contributed by atoms with E-state index in [9.17, 15) is 4.79 Å². The first-order chi connectivity index (χ1) is 11.2. The molecule has 3 aromatic rings. The average molecular weight is 331 g/mol. The molecule has 1 aromatic carbocycles. The van der Waals surface area contributed by atoms with E-state index < -0.39 is 5.76 Å². The Balaban J connectivity index is 1.67. The highest BCUT2D eigenvalue weighted by molar-refractivity contribution is 7.13. The molecule has 120 valence electrons. The first-order valence-electron chi connectivity index (χ1n) is 7.09. The summed E-state index contributed by atoms with van der Waals surface area (Å²) in [5, 5.41) is 6.17. The highest BCUT2D eigenvalue weighted by Crippen LogP contribution is 2.21. The molecule has 6 nitrogen and oxygen atoms in total. The number of hydrogen-bond acceptors (Lipinski definition) is 6. The first-order valence-corrected chi connectivity index (χ1v) is 7.97. The van der Waals surface area contributed by atoms with Crippen LogP contribution in [0.2, 0.25) is 0 Å². The zero-order valence-electron chi connectivity index (χ0n) is 12.9. The van der Waals surface area contributed by atoms with Crippen molar-refractivity contribution in [3.63, 3.8) is 0 Å². The highest BCUT2D eigenvalue weighted by atomic mass is 32.1. The van der Waals surface area contributed by atoms with Gasteiger partial charge in [0.2, 0.25) is 0 Å². The van der Waals surface area contributed by atoms with Gasteiger partial charge in [-0.1, -0.05) is 18.2 Å². The van der Waals surface area contributed by atoms with E-state index >= 15 is 0 Å². The van der Waals surface area contributed by atoms with Gasteiger partial charge in [-0.05, 0) is 36.2 Å². The van der Waals surface area contributed by atoms with Crippen molar-refractivity contribution in [3.8, 4) is 16.5 Å². The Kier molecular flexibility index (Phi) is 4.59. The number of aromatic nitrogens is 2. The summed E-state index contributed by atoms with van der Waals surface area (Å²) in [6, 6.07) is 11.6. The minimum atomic E-state index is -0.449. The zero-order valence-corrected chi connectivity index (χ0v) is 13.7. The van der Waals surface area contributed by atoms with Crippen molar-refractivity contribution in [2.45, 2.75) is 13.2 Å². The van der Waals surface area contributed by atoms with Crippen molar-refractivity contribution in [2.75, 3.05) is 14.2 Å². The summed E-state index contributed by atoms with van der Waals surface area (Å²) in [6.07, 6.45) is 0. The van der Waals surface area contributed by atoms with Crippen LogP contribution in [-0.2, 0) is 13.2 Å². The molecule has 7 heteroatoms. The molecule has 0 amide bonds. The summed E-state index contributed by atoms with van der Waals surface area (Å²) in [5.41, 5.74) is 1.13. The van der Waals surface area contributed by atoms with E-state index in [0.717, 1.165) is 16.2 Å². The van der Waals surface area contributed by atoms with Crippen molar-refractivity contribution in [1.29, 1.82) is 0 Å². The molecule has 0 saturated carbocycles. The Bertz CT molecular complexity index is 806. The quantitative estimate of drug-likeness (QED) is 0.695. The molecule has 0 fully saturated rings. The molecule has 0 atom stereocenters. The van der Waals surface area contributed by atoms with Gasteiger partial charge >= 0.3 is 5.76 Å². The maximum absolute atomic E-state index is 11.9. The summed E-state index contributed by atoms with van der Waals surface area (Å²) in [5.74, 6) is 0.738. The van der Waals surface area contributed by atoms with Crippen molar-refractivity contribution in [3.05, 3.63) is 57.9 Å². The van der Waals surface area contributed by atoms with E-state index in [1.807, 2.05) is 53.7 Å². The van der Waals surface area contributed by atoms with E-state index in [2.05, 4.69) is 5.10 Å². The topological polar surface area (TPSA) is 60.5 Å². The molecule has 0 aliphatic rings. The third-order valence-corrected chi connectivity index (χ3v) is 4.18. The lowest BCUT2D eigenvalue weighted by molar-refractivity contribution is 0.237. The third kappa shape index (κ3) is 3.69. The van der Waals surface area contributed by atoms with Gasteiger partial charge in [0.15, 0.2) is 0 Å². The van der Waals surface area contributed by atoms with Crippen molar-refractivity contribution < 1.29 is 9.15 Å². The highest BCUT2D eigenvalue weighted by Gasteiger charge is 2.12. The summed E-state index contributed by atoms with van der Waals surface area (Å²) in [6.45, 7) is 1.05. The van der Waals surface area contributed by atoms with Gasteiger partial charge in [0.1, 0.15) is 12.4 Å². The predicted molar refractivity (Wildman–Crippen MR) is 88.5 cm³/mol. The predicted octanol–water partition coefficient (Wildman–Crippen LogP) is 2.66. The summed E-state index contributed by atoms with van der Waals surface area (Å²) in [4.78, 5) is 14.7. The van der Waals surface area contributed by atoms with Crippen LogP contribution in [0, 0.1) is 0 Å². The molecular formula is C16H17N3O3S. The van der Waals surface area contributed by atoms with E-state index in [1.165, 1.54) is 16.0 Å². The van der Waals surface area contributed by atoms with Crippen LogP contribution in [-0.4, -0.2) is 28.8 Å². The maximum Gasteiger partial charge on any atom is 0.438 e. The summed E-state index contributed by atoms with van der Waals surface area (Å²) >= 11 is 1.49. The van der Waals surface area contributed by atoms with E-state index in [-0.39, 0.29) is 0 Å². The minimum absolute atomic E-state index is 0.361. The Morgan fingerprint density at radius 3 is 2.74 bits per heavy atom. The fraction of sp³-hybridized carbons (Fsp3) is 0.250. The Morgan fingerprint density at radius 2 is 2.09 bits per heavy atom. The van der Waals surface area contributed by atoms with Crippen molar-refractivity contribution in [2.24, 2.45) is 0 Å². The minimum Gasteiger partial charge on any atom is -0.497 e. The largest absolute Gasteiger partial charge is 0.497 e. The Hall–Kier alpha value is -2.38. The first kappa shape index (κ1) is 15.5. The smallest absolute Gasteiger partial charge is 0.438 e. The number of nitrogens with zero attached hydrogens (tertiary/aromatic N) is 3. The van der Waals surface area contributed by atoms with Gasteiger partial charge in [0.25, 0.3) is 5.89 Å². The van der Waals surface area contributed by atoms with E-state index in [1.54, 1.807) is 7.11 Å². The molecule has 3 rings (SSSR count). The van der Waals surface area contributed by atoms with Crippen LogP contribution >= 0.6 is 11.3 Å². The molecule has 0 bridgehead atoms. The van der Waals surface area contributed by atoms with Crippen LogP contribution in [0.15, 0.2) is 51.0 Å². The van der Waals surface area contributed by atoms with Gasteiger partial charge in [-0.3, -0.25) is 4.90 Å². The van der Waals surface area contributed by atoms with Crippen molar-refractivity contribution >= 4 is 11.3 Å². The lowest BCUT2D eigenvalue weighted by Crippen LogP contribution is -2.28. The standard InChI is InChI=1S/C16H17N3O3S/c1-18(10-12-5-7-13(21-2)8-6-12)11-19-16(20)22-15(17-19)14-4-3-9-23-14/h3-9H,10-11H2,1-2H3. The second-order valence-corrected chi connectivity index (χ2v) is 6.10. The fourth-order valence-corrected chi connectivity index (χ4v) is 2.86. The molecule has 0 spiro atoms. The summed E-state index contributed by atoms with van der Waals surface area (Å²) in [7, 11) is 3.57. The molecule has 2 heterocycles. The second kappa shape index (κ2) is 6.80. The third-order valence-electron chi connectivity index (χ3n) is 3.33. The number of rotatable bonds is 6. The van der Waals surface area contributed by atoms with E-state index in [4.69, 9.17) is 9.15 Å². The van der Waals surface area contributed by atoms with Gasteiger partial charge in [0.05, 0.1) is 12.0 Å². The average Bonchev–Trinajstić information content (AvgIpc) is 3.18. The molecule has 0 saturated heterocycles. The van der Waals surface area contributed by atoms with Gasteiger partial charge < -0.3 is 9.15 Å².